The van der Waals surface area contributed by atoms with Gasteiger partial charge in [0.15, 0.2) is 5.69 Å². The molecule has 0 saturated heterocycles. The molecule has 0 saturated carbocycles. The Balaban J connectivity index is 3.39. The summed E-state index contributed by atoms with van der Waals surface area (Å²) < 4.78 is 40.7. The predicted octanol–water partition coefficient (Wildman–Crippen LogP) is 2.20. The Morgan fingerprint density at radius 2 is 1.86 bits per heavy atom. The van der Waals surface area contributed by atoms with E-state index in [1.165, 1.54) is 27.7 Å². The van der Waals surface area contributed by atoms with Gasteiger partial charge in [0.2, 0.25) is 0 Å². The van der Waals surface area contributed by atoms with Crippen LogP contribution < -0.4 is 0 Å². The molecule has 0 aliphatic rings. The number of alkyl halides is 3. The van der Waals surface area contributed by atoms with E-state index < -0.39 is 41.4 Å². The minimum atomic E-state index is -4.78. The zero-order valence-electron chi connectivity index (χ0n) is 12.7. The van der Waals surface area contributed by atoms with Crippen molar-refractivity contribution >= 4 is 11.9 Å². The molecule has 22 heavy (non-hydrogen) atoms. The van der Waals surface area contributed by atoms with Gasteiger partial charge in [-0.25, -0.2) is 0 Å². The molecular formula is C13H18F3N3O3. The van der Waals surface area contributed by atoms with Crippen molar-refractivity contribution < 1.29 is 27.9 Å². The summed E-state index contributed by atoms with van der Waals surface area (Å²) in [5.74, 6) is -2.31. The quantitative estimate of drug-likeness (QED) is 0.922. The topological polar surface area (TPSA) is 75.4 Å². The molecule has 0 aromatic carbocycles. The Kier molecular flexibility index (Phi) is 4.89. The fraction of sp³-hybridized carbons (Fsp3) is 0.615. The first kappa shape index (κ1) is 18.0. The van der Waals surface area contributed by atoms with Gasteiger partial charge >= 0.3 is 12.1 Å². The average Bonchev–Trinajstić information content (AvgIpc) is 2.79. The maximum absolute atomic E-state index is 13.3. The van der Waals surface area contributed by atoms with Crippen LogP contribution in [-0.2, 0) is 16.5 Å². The Morgan fingerprint density at radius 3 is 2.23 bits per heavy atom. The van der Waals surface area contributed by atoms with Gasteiger partial charge in [0.05, 0.1) is 17.3 Å². The number of likely N-dealkylation sites (N-methyl/N-ethyl adjacent to an activating group) is 1. The van der Waals surface area contributed by atoms with Gasteiger partial charge in [-0.15, -0.1) is 0 Å². The number of carboxylic acids is 1. The second-order valence-corrected chi connectivity index (χ2v) is 5.70. The summed E-state index contributed by atoms with van der Waals surface area (Å²) in [7, 11) is 0. The third-order valence-electron chi connectivity index (χ3n) is 2.90. The molecule has 0 aliphatic heterocycles. The van der Waals surface area contributed by atoms with Crippen LogP contribution in [0.3, 0.4) is 0 Å². The highest BCUT2D eigenvalue weighted by Crippen LogP contribution is 2.35. The number of rotatable bonds is 4. The molecule has 1 amide bonds. The van der Waals surface area contributed by atoms with E-state index in [0.29, 0.717) is 0 Å². The number of nitrogens with zero attached hydrogens (tertiary/aromatic N) is 3. The first-order chi connectivity index (χ1) is 9.89. The van der Waals surface area contributed by atoms with Gasteiger partial charge in [-0.2, -0.15) is 18.3 Å². The van der Waals surface area contributed by atoms with Crippen molar-refractivity contribution in [2.75, 3.05) is 13.1 Å². The van der Waals surface area contributed by atoms with E-state index in [9.17, 15) is 22.8 Å². The summed E-state index contributed by atoms with van der Waals surface area (Å²) in [6.07, 6.45) is -3.95. The van der Waals surface area contributed by atoms with Crippen molar-refractivity contribution in [1.29, 1.82) is 0 Å². The third-order valence-corrected chi connectivity index (χ3v) is 2.90. The first-order valence-electron chi connectivity index (χ1n) is 6.56. The Labute approximate surface area is 125 Å². The maximum Gasteiger partial charge on any atom is 0.433 e. The molecule has 0 atom stereocenters. The molecule has 0 spiro atoms. The van der Waals surface area contributed by atoms with Crippen LogP contribution in [0.25, 0.3) is 0 Å². The molecule has 124 valence electrons. The van der Waals surface area contributed by atoms with Gasteiger partial charge in [-0.1, -0.05) is 0 Å². The molecule has 9 heteroatoms. The van der Waals surface area contributed by atoms with Gasteiger partial charge in [0, 0.05) is 6.54 Å². The summed E-state index contributed by atoms with van der Waals surface area (Å²) in [5.41, 5.74) is -2.80. The van der Waals surface area contributed by atoms with Crippen molar-refractivity contribution in [1.82, 2.24) is 14.7 Å². The molecule has 0 fully saturated rings. The molecule has 0 aliphatic carbocycles. The minimum absolute atomic E-state index is 0.0247. The molecule has 1 aromatic heterocycles. The van der Waals surface area contributed by atoms with Crippen molar-refractivity contribution in [2.24, 2.45) is 0 Å². The lowest BCUT2D eigenvalue weighted by Crippen LogP contribution is -2.37. The van der Waals surface area contributed by atoms with E-state index >= 15 is 0 Å². The van der Waals surface area contributed by atoms with E-state index in [1.54, 1.807) is 0 Å². The van der Waals surface area contributed by atoms with Crippen molar-refractivity contribution in [3.63, 3.8) is 0 Å². The van der Waals surface area contributed by atoms with Crippen LogP contribution in [0.1, 0.15) is 43.7 Å². The second kappa shape index (κ2) is 5.98. The van der Waals surface area contributed by atoms with Crippen LogP contribution in [0.5, 0.6) is 0 Å². The number of carbonyl (C=O) groups excluding carboxylic acids is 1. The Hall–Kier alpha value is -2.06. The number of halogens is 3. The molecule has 0 unspecified atom stereocenters. The van der Waals surface area contributed by atoms with Crippen LogP contribution in [0.2, 0.25) is 0 Å². The fourth-order valence-electron chi connectivity index (χ4n) is 1.95. The van der Waals surface area contributed by atoms with E-state index in [2.05, 4.69) is 5.10 Å². The minimum Gasteiger partial charge on any atom is -0.480 e. The number of hydrogen-bond donors (Lipinski definition) is 1. The van der Waals surface area contributed by atoms with Crippen LogP contribution in [0.4, 0.5) is 13.2 Å². The van der Waals surface area contributed by atoms with Gasteiger partial charge in [0.1, 0.15) is 6.54 Å². The molecule has 1 N–H and O–H groups in total. The highest BCUT2D eigenvalue weighted by molar-refractivity contribution is 5.96. The molecule has 1 heterocycles. The van der Waals surface area contributed by atoms with E-state index in [-0.39, 0.29) is 6.54 Å². The van der Waals surface area contributed by atoms with Gasteiger partial charge in [0.25, 0.3) is 5.91 Å². The molecule has 0 bridgehead atoms. The SMILES string of the molecule is CCN(CC(=O)O)C(=O)c1cnn(C(C)(C)C)c1C(F)(F)F. The lowest BCUT2D eigenvalue weighted by molar-refractivity contribution is -0.146. The van der Waals surface area contributed by atoms with E-state index in [0.717, 1.165) is 15.8 Å². The highest BCUT2D eigenvalue weighted by atomic mass is 19.4. The number of carboxylic acid groups (broad SMARTS) is 1. The van der Waals surface area contributed by atoms with Crippen LogP contribution in [-0.4, -0.2) is 44.8 Å². The molecule has 0 radical (unpaired) electrons. The zero-order chi connectivity index (χ0) is 17.3. The summed E-state index contributed by atoms with van der Waals surface area (Å²) in [6.45, 7) is 5.37. The molecule has 6 nitrogen and oxygen atoms in total. The van der Waals surface area contributed by atoms with Crippen molar-refractivity contribution in [3.8, 4) is 0 Å². The standard InChI is InChI=1S/C13H18F3N3O3/c1-5-18(7-9(20)21)11(22)8-6-17-19(12(2,3)4)10(8)13(14,15)16/h6H,5,7H2,1-4H3,(H,20,21). The maximum atomic E-state index is 13.3. The van der Waals surface area contributed by atoms with Crippen LogP contribution in [0, 0.1) is 0 Å². The first-order valence-corrected chi connectivity index (χ1v) is 6.56. The monoisotopic (exact) mass is 321 g/mol. The molecule has 1 aromatic rings. The van der Waals surface area contributed by atoms with Crippen molar-refractivity contribution in [2.45, 2.75) is 39.4 Å². The average molecular weight is 321 g/mol. The number of aromatic nitrogens is 2. The van der Waals surface area contributed by atoms with Crippen molar-refractivity contribution in [3.05, 3.63) is 17.5 Å². The van der Waals surface area contributed by atoms with Crippen LogP contribution >= 0.6 is 0 Å². The Morgan fingerprint density at radius 1 is 1.32 bits per heavy atom. The van der Waals surface area contributed by atoms with Gasteiger partial charge < -0.3 is 10.0 Å². The molecular weight excluding hydrogens is 303 g/mol. The van der Waals surface area contributed by atoms with Gasteiger partial charge in [-0.3, -0.25) is 14.3 Å². The lowest BCUT2D eigenvalue weighted by Gasteiger charge is -2.24. The number of amides is 1. The normalized spacial score (nSPS) is 12.3. The summed E-state index contributed by atoms with van der Waals surface area (Å²) in [4.78, 5) is 23.8. The smallest absolute Gasteiger partial charge is 0.433 e. The summed E-state index contributed by atoms with van der Waals surface area (Å²) in [5, 5.41) is 12.4. The number of aliphatic carboxylic acids is 1. The Bertz CT molecular complexity index is 573. The second-order valence-electron chi connectivity index (χ2n) is 5.70. The zero-order valence-corrected chi connectivity index (χ0v) is 12.7. The van der Waals surface area contributed by atoms with E-state index in [1.807, 2.05) is 0 Å². The van der Waals surface area contributed by atoms with E-state index in [4.69, 9.17) is 5.11 Å². The highest BCUT2D eigenvalue weighted by Gasteiger charge is 2.43. The summed E-state index contributed by atoms with van der Waals surface area (Å²) >= 11 is 0. The summed E-state index contributed by atoms with van der Waals surface area (Å²) in [6, 6.07) is 0. The fourth-order valence-corrected chi connectivity index (χ4v) is 1.95. The predicted molar refractivity (Wildman–Crippen MR) is 71.4 cm³/mol. The lowest BCUT2D eigenvalue weighted by atomic mass is 10.1. The van der Waals surface area contributed by atoms with Gasteiger partial charge in [-0.05, 0) is 27.7 Å². The van der Waals surface area contributed by atoms with Crippen LogP contribution in [0.15, 0.2) is 6.20 Å². The number of carbonyl (C=O) groups is 2. The third kappa shape index (κ3) is 3.77. The largest absolute Gasteiger partial charge is 0.480 e. The number of hydrogen-bond acceptors (Lipinski definition) is 3. The molecule has 1 rings (SSSR count).